The van der Waals surface area contributed by atoms with E-state index in [0.717, 1.165) is 11.6 Å². The van der Waals surface area contributed by atoms with Crippen molar-refractivity contribution in [2.75, 3.05) is 0 Å². The van der Waals surface area contributed by atoms with Gasteiger partial charge in [0, 0.05) is 11.8 Å². The summed E-state index contributed by atoms with van der Waals surface area (Å²) in [5.41, 5.74) is 7.39. The zero-order chi connectivity index (χ0) is 14.1. The molecule has 0 amide bonds. The van der Waals surface area contributed by atoms with Crippen LogP contribution in [-0.4, -0.2) is 4.98 Å². The topological polar surface area (TPSA) is 12.9 Å². The largest absolute Gasteiger partial charge is 0.256 e. The fraction of sp³-hybridized carbons (Fsp3) is 0.421. The second kappa shape index (κ2) is 3.52. The normalized spacial score (nSPS) is 28.9. The van der Waals surface area contributed by atoms with Gasteiger partial charge in [-0.1, -0.05) is 50.6 Å². The van der Waals surface area contributed by atoms with Crippen LogP contribution in [0.15, 0.2) is 36.5 Å². The molecule has 0 radical (unpaired) electrons. The minimum atomic E-state index is 0.270. The van der Waals surface area contributed by atoms with Crippen LogP contribution in [0.4, 0.5) is 0 Å². The zero-order valence-corrected chi connectivity index (χ0v) is 12.7. The SMILES string of the molecule is Cc1ccc(-c2cc3c(cn2)C(C)(C)C2(C)CC32)cc1. The fourth-order valence-electron chi connectivity index (χ4n) is 3.98. The number of hydrogen-bond acceptors (Lipinski definition) is 1. The molecule has 1 heteroatoms. The molecule has 2 aliphatic carbocycles. The summed E-state index contributed by atoms with van der Waals surface area (Å²) in [5, 5.41) is 0. The Kier molecular flexibility index (Phi) is 2.14. The van der Waals surface area contributed by atoms with Gasteiger partial charge in [-0.2, -0.15) is 0 Å². The number of pyridine rings is 1. The van der Waals surface area contributed by atoms with E-state index in [0.29, 0.717) is 5.41 Å². The van der Waals surface area contributed by atoms with Crippen molar-refractivity contribution in [3.05, 3.63) is 53.2 Å². The second-order valence-electron chi connectivity index (χ2n) is 7.32. The molecule has 1 heterocycles. The minimum Gasteiger partial charge on any atom is -0.256 e. The first-order valence-electron chi connectivity index (χ1n) is 7.51. The van der Waals surface area contributed by atoms with Crippen LogP contribution < -0.4 is 0 Å². The molecule has 0 aliphatic heterocycles. The number of fused-ring (bicyclic) bond motifs is 3. The monoisotopic (exact) mass is 263 g/mol. The van der Waals surface area contributed by atoms with E-state index in [-0.39, 0.29) is 5.41 Å². The molecule has 0 bridgehead atoms. The summed E-state index contributed by atoms with van der Waals surface area (Å²) in [5.74, 6) is 0.750. The number of benzene rings is 1. The van der Waals surface area contributed by atoms with Gasteiger partial charge in [0.1, 0.15) is 0 Å². The van der Waals surface area contributed by atoms with Gasteiger partial charge in [-0.05, 0) is 47.3 Å². The number of aromatic nitrogens is 1. The first-order valence-corrected chi connectivity index (χ1v) is 7.51. The molecule has 0 N–H and O–H groups in total. The maximum atomic E-state index is 4.73. The molecule has 0 saturated heterocycles. The maximum Gasteiger partial charge on any atom is 0.0705 e. The molecule has 1 aromatic carbocycles. The molecular weight excluding hydrogens is 242 g/mol. The number of aryl methyl sites for hydroxylation is 1. The number of hydrogen-bond donors (Lipinski definition) is 0. The standard InChI is InChI=1S/C19H21N/c1-12-5-7-13(8-6-12)17-9-14-15-10-19(15,4)18(2,3)16(14)11-20-17/h5-9,11,15H,10H2,1-4H3. The molecule has 2 unspecified atom stereocenters. The lowest BCUT2D eigenvalue weighted by Gasteiger charge is -2.29. The molecule has 1 saturated carbocycles. The molecule has 1 fully saturated rings. The van der Waals surface area contributed by atoms with E-state index in [9.17, 15) is 0 Å². The summed E-state index contributed by atoms with van der Waals surface area (Å²) in [6.45, 7) is 9.32. The first-order chi connectivity index (χ1) is 9.43. The minimum absolute atomic E-state index is 0.270. The molecule has 4 rings (SSSR count). The van der Waals surface area contributed by atoms with Gasteiger partial charge in [0.05, 0.1) is 5.69 Å². The summed E-state index contributed by atoms with van der Waals surface area (Å²) >= 11 is 0. The Bertz CT molecular complexity index is 696. The molecule has 2 aromatic rings. The van der Waals surface area contributed by atoms with Crippen molar-refractivity contribution < 1.29 is 0 Å². The molecular formula is C19H21N. The second-order valence-corrected chi connectivity index (χ2v) is 7.32. The first kappa shape index (κ1) is 12.1. The summed E-state index contributed by atoms with van der Waals surface area (Å²) < 4.78 is 0. The van der Waals surface area contributed by atoms with Crippen molar-refractivity contribution in [1.82, 2.24) is 4.98 Å². The van der Waals surface area contributed by atoms with Crippen LogP contribution in [0.2, 0.25) is 0 Å². The fourth-order valence-corrected chi connectivity index (χ4v) is 3.98. The highest BCUT2D eigenvalue weighted by Crippen LogP contribution is 2.74. The highest BCUT2D eigenvalue weighted by atomic mass is 14.7. The van der Waals surface area contributed by atoms with Crippen molar-refractivity contribution in [2.24, 2.45) is 5.41 Å². The number of nitrogens with zero attached hydrogens (tertiary/aromatic N) is 1. The van der Waals surface area contributed by atoms with E-state index in [1.807, 2.05) is 0 Å². The lowest BCUT2D eigenvalue weighted by Crippen LogP contribution is -2.25. The van der Waals surface area contributed by atoms with Crippen molar-refractivity contribution in [1.29, 1.82) is 0 Å². The predicted molar refractivity (Wildman–Crippen MR) is 82.9 cm³/mol. The predicted octanol–water partition coefficient (Wildman–Crippen LogP) is 4.84. The van der Waals surface area contributed by atoms with Crippen LogP contribution in [-0.2, 0) is 5.41 Å². The van der Waals surface area contributed by atoms with Crippen LogP contribution in [0.1, 0.15) is 49.8 Å². The molecule has 2 aliphatic rings. The van der Waals surface area contributed by atoms with Gasteiger partial charge in [0.2, 0.25) is 0 Å². The molecule has 1 aromatic heterocycles. The molecule has 102 valence electrons. The Balaban J connectivity index is 1.83. The van der Waals surface area contributed by atoms with E-state index in [4.69, 9.17) is 4.98 Å². The van der Waals surface area contributed by atoms with Crippen molar-refractivity contribution in [2.45, 2.75) is 45.4 Å². The van der Waals surface area contributed by atoms with Crippen molar-refractivity contribution in [3.63, 3.8) is 0 Å². The third kappa shape index (κ3) is 1.36. The maximum absolute atomic E-state index is 4.73. The smallest absolute Gasteiger partial charge is 0.0705 e. The average molecular weight is 263 g/mol. The Morgan fingerprint density at radius 2 is 1.80 bits per heavy atom. The lowest BCUT2D eigenvalue weighted by molar-refractivity contribution is 0.332. The van der Waals surface area contributed by atoms with Gasteiger partial charge in [0.25, 0.3) is 0 Å². The Morgan fingerprint density at radius 3 is 2.50 bits per heavy atom. The van der Waals surface area contributed by atoms with Gasteiger partial charge in [-0.25, -0.2) is 0 Å². The quantitative estimate of drug-likeness (QED) is 0.717. The van der Waals surface area contributed by atoms with Crippen LogP contribution in [0.3, 0.4) is 0 Å². The third-order valence-electron chi connectivity index (χ3n) is 6.00. The van der Waals surface area contributed by atoms with Gasteiger partial charge in [-0.15, -0.1) is 0 Å². The van der Waals surface area contributed by atoms with Crippen LogP contribution in [0.5, 0.6) is 0 Å². The van der Waals surface area contributed by atoms with E-state index in [1.165, 1.54) is 23.1 Å². The molecule has 2 atom stereocenters. The van der Waals surface area contributed by atoms with E-state index in [1.54, 1.807) is 5.56 Å². The highest BCUT2D eigenvalue weighted by Gasteiger charge is 2.66. The van der Waals surface area contributed by atoms with Gasteiger partial charge in [0.15, 0.2) is 0 Å². The van der Waals surface area contributed by atoms with E-state index in [2.05, 4.69) is 64.2 Å². The van der Waals surface area contributed by atoms with Crippen LogP contribution in [0.25, 0.3) is 11.3 Å². The third-order valence-corrected chi connectivity index (χ3v) is 6.00. The van der Waals surface area contributed by atoms with Crippen molar-refractivity contribution in [3.8, 4) is 11.3 Å². The Morgan fingerprint density at radius 1 is 1.10 bits per heavy atom. The number of rotatable bonds is 1. The molecule has 1 nitrogen and oxygen atoms in total. The van der Waals surface area contributed by atoms with E-state index < -0.39 is 0 Å². The summed E-state index contributed by atoms with van der Waals surface area (Å²) in [7, 11) is 0. The van der Waals surface area contributed by atoms with E-state index >= 15 is 0 Å². The molecule has 20 heavy (non-hydrogen) atoms. The Hall–Kier alpha value is -1.63. The van der Waals surface area contributed by atoms with Gasteiger partial charge in [-0.3, -0.25) is 4.98 Å². The summed E-state index contributed by atoms with van der Waals surface area (Å²) in [6, 6.07) is 11.0. The van der Waals surface area contributed by atoms with Crippen LogP contribution >= 0.6 is 0 Å². The lowest BCUT2D eigenvalue weighted by atomic mass is 9.75. The summed E-state index contributed by atoms with van der Waals surface area (Å²) in [6.07, 6.45) is 3.46. The Labute approximate surface area is 121 Å². The molecule has 0 spiro atoms. The highest BCUT2D eigenvalue weighted by molar-refractivity contribution is 5.64. The van der Waals surface area contributed by atoms with Crippen molar-refractivity contribution >= 4 is 0 Å². The van der Waals surface area contributed by atoms with Crippen LogP contribution in [0, 0.1) is 12.3 Å². The zero-order valence-electron chi connectivity index (χ0n) is 12.7. The van der Waals surface area contributed by atoms with Gasteiger partial charge >= 0.3 is 0 Å². The van der Waals surface area contributed by atoms with Gasteiger partial charge < -0.3 is 0 Å². The average Bonchev–Trinajstić information content (AvgIpc) is 3.09. The summed E-state index contributed by atoms with van der Waals surface area (Å²) in [4.78, 5) is 4.73.